The van der Waals surface area contributed by atoms with Crippen LogP contribution in [0.15, 0.2) is 58.4 Å². The molecule has 25 heavy (non-hydrogen) atoms. The van der Waals surface area contributed by atoms with E-state index >= 15 is 0 Å². The normalized spacial score (nSPS) is 11.8. The van der Waals surface area contributed by atoms with Gasteiger partial charge in [0.1, 0.15) is 11.6 Å². The lowest BCUT2D eigenvalue weighted by Gasteiger charge is -2.13. The summed E-state index contributed by atoms with van der Waals surface area (Å²) in [6.45, 7) is 1.67. The SMILES string of the molecule is CC(Oc1ccc(Br)cc1)C(=O)Nc1nc(-c2ccc(F)cc2)cs1. The van der Waals surface area contributed by atoms with Crippen LogP contribution in [0.2, 0.25) is 0 Å². The maximum absolute atomic E-state index is 13.0. The minimum Gasteiger partial charge on any atom is -0.481 e. The molecule has 0 saturated heterocycles. The quantitative estimate of drug-likeness (QED) is 0.623. The monoisotopic (exact) mass is 420 g/mol. The predicted octanol–water partition coefficient (Wildman–Crippen LogP) is 5.12. The van der Waals surface area contributed by atoms with Crippen LogP contribution >= 0.6 is 27.3 Å². The summed E-state index contributed by atoms with van der Waals surface area (Å²) in [5, 5.41) is 5.01. The van der Waals surface area contributed by atoms with Crippen molar-refractivity contribution in [2.45, 2.75) is 13.0 Å². The lowest BCUT2D eigenvalue weighted by atomic mass is 10.2. The fourth-order valence-corrected chi connectivity index (χ4v) is 3.05. The number of hydrogen-bond donors (Lipinski definition) is 1. The Morgan fingerprint density at radius 3 is 2.56 bits per heavy atom. The van der Waals surface area contributed by atoms with Crippen molar-refractivity contribution in [3.63, 3.8) is 0 Å². The molecule has 2 aromatic carbocycles. The molecule has 0 radical (unpaired) electrons. The van der Waals surface area contributed by atoms with Crippen LogP contribution in [0.3, 0.4) is 0 Å². The summed E-state index contributed by atoms with van der Waals surface area (Å²) in [7, 11) is 0. The van der Waals surface area contributed by atoms with E-state index in [9.17, 15) is 9.18 Å². The number of rotatable bonds is 5. The smallest absolute Gasteiger partial charge is 0.266 e. The average molecular weight is 421 g/mol. The zero-order chi connectivity index (χ0) is 17.8. The van der Waals surface area contributed by atoms with Gasteiger partial charge in [-0.1, -0.05) is 15.9 Å². The molecule has 0 bridgehead atoms. The molecule has 0 fully saturated rings. The van der Waals surface area contributed by atoms with Gasteiger partial charge < -0.3 is 4.74 Å². The van der Waals surface area contributed by atoms with Gasteiger partial charge in [-0.2, -0.15) is 0 Å². The number of carbonyl (C=O) groups excluding carboxylic acids is 1. The number of nitrogens with zero attached hydrogens (tertiary/aromatic N) is 1. The molecule has 3 aromatic rings. The summed E-state index contributed by atoms with van der Waals surface area (Å²) in [4.78, 5) is 16.6. The Morgan fingerprint density at radius 1 is 1.20 bits per heavy atom. The summed E-state index contributed by atoms with van der Waals surface area (Å²) in [6.07, 6.45) is -0.667. The summed E-state index contributed by atoms with van der Waals surface area (Å²) in [5.41, 5.74) is 1.47. The zero-order valence-electron chi connectivity index (χ0n) is 13.2. The molecule has 4 nitrogen and oxygen atoms in total. The highest BCUT2D eigenvalue weighted by Gasteiger charge is 2.16. The number of amides is 1. The lowest BCUT2D eigenvalue weighted by Crippen LogP contribution is -2.30. The standard InChI is InChI=1S/C18H14BrFN2O2S/c1-11(24-15-8-4-13(19)5-9-15)17(23)22-18-21-16(10-25-18)12-2-6-14(20)7-3-12/h2-11H,1H3,(H,21,22,23). The summed E-state index contributed by atoms with van der Waals surface area (Å²) in [5.74, 6) is 0.0198. The molecule has 0 aliphatic heterocycles. The maximum Gasteiger partial charge on any atom is 0.266 e. The second-order valence-corrected chi connectivity index (χ2v) is 7.02. The molecule has 1 N–H and O–H groups in total. The molecule has 1 aromatic heterocycles. The topological polar surface area (TPSA) is 51.2 Å². The van der Waals surface area contributed by atoms with Crippen LogP contribution in [-0.2, 0) is 4.79 Å². The first-order valence-electron chi connectivity index (χ1n) is 7.46. The van der Waals surface area contributed by atoms with Crippen molar-refractivity contribution < 1.29 is 13.9 Å². The number of halogens is 2. The van der Waals surface area contributed by atoms with E-state index in [0.29, 0.717) is 16.6 Å². The van der Waals surface area contributed by atoms with Crippen LogP contribution in [0.1, 0.15) is 6.92 Å². The van der Waals surface area contributed by atoms with Crippen molar-refractivity contribution in [3.05, 3.63) is 64.2 Å². The third-order valence-electron chi connectivity index (χ3n) is 3.37. The van der Waals surface area contributed by atoms with Gasteiger partial charge >= 0.3 is 0 Å². The molecule has 0 saturated carbocycles. The third-order valence-corrected chi connectivity index (χ3v) is 4.66. The number of benzene rings is 2. The van der Waals surface area contributed by atoms with Crippen molar-refractivity contribution in [1.82, 2.24) is 4.98 Å². The molecule has 128 valence electrons. The molecule has 7 heteroatoms. The zero-order valence-corrected chi connectivity index (χ0v) is 15.6. The first kappa shape index (κ1) is 17.6. The van der Waals surface area contributed by atoms with E-state index in [2.05, 4.69) is 26.2 Å². The summed E-state index contributed by atoms with van der Waals surface area (Å²) >= 11 is 4.65. The van der Waals surface area contributed by atoms with Crippen molar-refractivity contribution >= 4 is 38.3 Å². The fraction of sp³-hybridized carbons (Fsp3) is 0.111. The van der Waals surface area contributed by atoms with E-state index in [-0.39, 0.29) is 11.7 Å². The lowest BCUT2D eigenvalue weighted by molar-refractivity contribution is -0.122. The van der Waals surface area contributed by atoms with Gasteiger partial charge in [-0.05, 0) is 55.5 Å². The Kier molecular flexibility index (Phi) is 5.45. The van der Waals surface area contributed by atoms with Crippen molar-refractivity contribution in [3.8, 4) is 17.0 Å². The molecule has 0 aliphatic rings. The molecule has 1 atom stereocenters. The van der Waals surface area contributed by atoms with Crippen LogP contribution < -0.4 is 10.1 Å². The molecular formula is C18H14BrFN2O2S. The number of nitrogens with one attached hydrogen (secondary N) is 1. The number of ether oxygens (including phenoxy) is 1. The van der Waals surface area contributed by atoms with Gasteiger partial charge in [-0.3, -0.25) is 10.1 Å². The van der Waals surface area contributed by atoms with E-state index in [1.54, 1.807) is 31.2 Å². The maximum atomic E-state index is 13.0. The highest BCUT2D eigenvalue weighted by Crippen LogP contribution is 2.25. The third kappa shape index (κ3) is 4.64. The predicted molar refractivity (Wildman–Crippen MR) is 100 cm³/mol. The number of hydrogen-bond acceptors (Lipinski definition) is 4. The molecule has 0 aliphatic carbocycles. The second kappa shape index (κ2) is 7.76. The Balaban J connectivity index is 1.62. The van der Waals surface area contributed by atoms with Crippen molar-refractivity contribution in [1.29, 1.82) is 0 Å². The van der Waals surface area contributed by atoms with Gasteiger partial charge in [0.2, 0.25) is 0 Å². The first-order chi connectivity index (χ1) is 12.0. The number of aromatic nitrogens is 1. The van der Waals surface area contributed by atoms with Gasteiger partial charge in [0, 0.05) is 15.4 Å². The van der Waals surface area contributed by atoms with E-state index in [1.807, 2.05) is 17.5 Å². The van der Waals surface area contributed by atoms with E-state index in [1.165, 1.54) is 23.5 Å². The summed E-state index contributed by atoms with van der Waals surface area (Å²) < 4.78 is 19.5. The van der Waals surface area contributed by atoms with Gasteiger partial charge in [0.15, 0.2) is 11.2 Å². The largest absolute Gasteiger partial charge is 0.481 e. The van der Waals surface area contributed by atoms with Crippen LogP contribution in [-0.4, -0.2) is 17.0 Å². The number of anilines is 1. The van der Waals surface area contributed by atoms with E-state index in [4.69, 9.17) is 4.74 Å². The van der Waals surface area contributed by atoms with E-state index < -0.39 is 6.10 Å². The Hall–Kier alpha value is -2.25. The highest BCUT2D eigenvalue weighted by atomic mass is 79.9. The Labute approximate surface area is 156 Å². The van der Waals surface area contributed by atoms with Crippen LogP contribution in [0.4, 0.5) is 9.52 Å². The van der Waals surface area contributed by atoms with Gasteiger partial charge in [0.05, 0.1) is 5.69 Å². The highest BCUT2D eigenvalue weighted by molar-refractivity contribution is 9.10. The molecule has 3 rings (SSSR count). The van der Waals surface area contributed by atoms with E-state index in [0.717, 1.165) is 10.0 Å². The summed E-state index contributed by atoms with van der Waals surface area (Å²) in [6, 6.07) is 13.3. The second-order valence-electron chi connectivity index (χ2n) is 5.25. The van der Waals surface area contributed by atoms with Crippen LogP contribution in [0.5, 0.6) is 5.75 Å². The van der Waals surface area contributed by atoms with Crippen LogP contribution in [0.25, 0.3) is 11.3 Å². The van der Waals surface area contributed by atoms with Gasteiger partial charge in [-0.15, -0.1) is 11.3 Å². The van der Waals surface area contributed by atoms with Crippen molar-refractivity contribution in [2.75, 3.05) is 5.32 Å². The average Bonchev–Trinajstić information content (AvgIpc) is 3.06. The Bertz CT molecular complexity index is 866. The van der Waals surface area contributed by atoms with Gasteiger partial charge in [-0.25, -0.2) is 9.37 Å². The minimum atomic E-state index is -0.667. The molecule has 1 amide bonds. The molecule has 0 spiro atoms. The first-order valence-corrected chi connectivity index (χ1v) is 9.13. The molecular weight excluding hydrogens is 407 g/mol. The number of carbonyl (C=O) groups is 1. The molecule has 1 heterocycles. The van der Waals surface area contributed by atoms with Crippen LogP contribution in [0, 0.1) is 5.82 Å². The fourth-order valence-electron chi connectivity index (χ4n) is 2.06. The van der Waals surface area contributed by atoms with Gasteiger partial charge in [0.25, 0.3) is 5.91 Å². The number of thiazole rings is 1. The minimum absolute atomic E-state index is 0.289. The Morgan fingerprint density at radius 2 is 1.88 bits per heavy atom. The van der Waals surface area contributed by atoms with Crippen molar-refractivity contribution in [2.24, 2.45) is 0 Å². The molecule has 1 unspecified atom stereocenters.